The summed E-state index contributed by atoms with van der Waals surface area (Å²) in [6, 6.07) is 8.88. The van der Waals surface area contributed by atoms with E-state index < -0.39 is 0 Å². The van der Waals surface area contributed by atoms with Crippen LogP contribution in [-0.2, 0) is 0 Å². The van der Waals surface area contributed by atoms with E-state index in [0.29, 0.717) is 12.0 Å². The van der Waals surface area contributed by atoms with Crippen molar-refractivity contribution in [3.05, 3.63) is 24.3 Å². The van der Waals surface area contributed by atoms with Crippen molar-refractivity contribution >= 4 is 5.69 Å². The molecule has 1 aromatic rings. The number of benzene rings is 1. The summed E-state index contributed by atoms with van der Waals surface area (Å²) in [5.41, 5.74) is 6.93. The van der Waals surface area contributed by atoms with Crippen LogP contribution in [0.15, 0.2) is 24.3 Å². The molecule has 0 amide bonds. The van der Waals surface area contributed by atoms with Crippen molar-refractivity contribution in [2.45, 2.75) is 18.9 Å². The van der Waals surface area contributed by atoms with Crippen molar-refractivity contribution in [3.8, 4) is 5.75 Å². The highest BCUT2D eigenvalue weighted by Crippen LogP contribution is 2.40. The van der Waals surface area contributed by atoms with Crippen LogP contribution in [0.1, 0.15) is 12.8 Å². The molecule has 0 aromatic heterocycles. The van der Waals surface area contributed by atoms with Gasteiger partial charge in [0.2, 0.25) is 0 Å². The van der Waals surface area contributed by atoms with Crippen LogP contribution in [0, 0.1) is 5.92 Å². The standard InChI is InChI=1S/C13H18N2O/c14-7-5-10-6-8-15-11-3-1-2-4-13(11)16-9-12(10)15/h1-4,10,12H,5-9,14H2. The molecule has 2 unspecified atom stereocenters. The van der Waals surface area contributed by atoms with Crippen LogP contribution < -0.4 is 15.4 Å². The third-order valence-electron chi connectivity index (χ3n) is 3.81. The molecule has 2 N–H and O–H groups in total. The molecule has 0 aliphatic carbocycles. The summed E-state index contributed by atoms with van der Waals surface area (Å²) < 4.78 is 5.83. The minimum absolute atomic E-state index is 0.540. The molecular formula is C13H18N2O. The molecule has 86 valence electrons. The summed E-state index contributed by atoms with van der Waals surface area (Å²) >= 11 is 0. The summed E-state index contributed by atoms with van der Waals surface area (Å²) in [4.78, 5) is 2.50. The minimum Gasteiger partial charge on any atom is -0.489 e. The molecule has 16 heavy (non-hydrogen) atoms. The maximum Gasteiger partial charge on any atom is 0.142 e. The minimum atomic E-state index is 0.540. The highest BCUT2D eigenvalue weighted by atomic mass is 16.5. The van der Waals surface area contributed by atoms with Crippen molar-refractivity contribution in [2.75, 3.05) is 24.6 Å². The Bertz CT molecular complexity index is 380. The number of nitrogens with two attached hydrogens (primary N) is 1. The second kappa shape index (κ2) is 3.98. The predicted octanol–water partition coefficient (Wildman–Crippen LogP) is 1.62. The maximum atomic E-state index is 5.83. The van der Waals surface area contributed by atoms with E-state index in [-0.39, 0.29) is 0 Å². The number of hydrogen-bond acceptors (Lipinski definition) is 3. The van der Waals surface area contributed by atoms with Crippen molar-refractivity contribution in [1.82, 2.24) is 0 Å². The third kappa shape index (κ3) is 1.47. The molecule has 1 fully saturated rings. The van der Waals surface area contributed by atoms with Crippen LogP contribution in [0.25, 0.3) is 0 Å². The molecule has 2 heterocycles. The van der Waals surface area contributed by atoms with E-state index in [2.05, 4.69) is 23.1 Å². The SMILES string of the molecule is NCCC1CCN2c3ccccc3OCC12. The average molecular weight is 218 g/mol. The van der Waals surface area contributed by atoms with Gasteiger partial charge in [0.05, 0.1) is 11.7 Å². The molecule has 0 radical (unpaired) electrons. The number of ether oxygens (including phenoxy) is 1. The van der Waals surface area contributed by atoms with Gasteiger partial charge in [-0.15, -0.1) is 0 Å². The van der Waals surface area contributed by atoms with Crippen LogP contribution in [-0.4, -0.2) is 25.7 Å². The van der Waals surface area contributed by atoms with Crippen LogP contribution in [0.3, 0.4) is 0 Å². The van der Waals surface area contributed by atoms with Crippen LogP contribution >= 0.6 is 0 Å². The van der Waals surface area contributed by atoms with E-state index in [4.69, 9.17) is 10.5 Å². The largest absolute Gasteiger partial charge is 0.489 e. The van der Waals surface area contributed by atoms with Gasteiger partial charge in [-0.25, -0.2) is 0 Å². The molecule has 2 aliphatic rings. The van der Waals surface area contributed by atoms with E-state index in [0.717, 1.165) is 31.9 Å². The quantitative estimate of drug-likeness (QED) is 0.820. The monoisotopic (exact) mass is 218 g/mol. The first-order chi connectivity index (χ1) is 7.90. The number of rotatable bonds is 2. The lowest BCUT2D eigenvalue weighted by molar-refractivity contribution is 0.240. The second-order valence-electron chi connectivity index (χ2n) is 4.67. The van der Waals surface area contributed by atoms with Gasteiger partial charge >= 0.3 is 0 Å². The fraction of sp³-hybridized carbons (Fsp3) is 0.538. The lowest BCUT2D eigenvalue weighted by Crippen LogP contribution is -2.41. The fourth-order valence-corrected chi connectivity index (χ4v) is 2.99. The van der Waals surface area contributed by atoms with Crippen molar-refractivity contribution in [3.63, 3.8) is 0 Å². The van der Waals surface area contributed by atoms with Gasteiger partial charge in [-0.2, -0.15) is 0 Å². The van der Waals surface area contributed by atoms with Gasteiger partial charge in [0.15, 0.2) is 0 Å². The third-order valence-corrected chi connectivity index (χ3v) is 3.81. The van der Waals surface area contributed by atoms with Gasteiger partial charge in [-0.1, -0.05) is 12.1 Å². The number of hydrogen-bond donors (Lipinski definition) is 1. The molecule has 1 aromatic carbocycles. The van der Waals surface area contributed by atoms with Crippen molar-refractivity contribution < 1.29 is 4.74 Å². The molecule has 3 rings (SSSR count). The molecule has 0 spiro atoms. The molecular weight excluding hydrogens is 200 g/mol. The van der Waals surface area contributed by atoms with Gasteiger partial charge in [0.25, 0.3) is 0 Å². The first-order valence-electron chi connectivity index (χ1n) is 6.08. The molecule has 2 aliphatic heterocycles. The Labute approximate surface area is 96.2 Å². The first-order valence-corrected chi connectivity index (χ1v) is 6.08. The van der Waals surface area contributed by atoms with Crippen LogP contribution in [0.5, 0.6) is 5.75 Å². The molecule has 3 heteroatoms. The smallest absolute Gasteiger partial charge is 0.142 e. The number of nitrogens with zero attached hydrogens (tertiary/aromatic N) is 1. The lowest BCUT2D eigenvalue weighted by atomic mass is 9.96. The van der Waals surface area contributed by atoms with Gasteiger partial charge in [-0.3, -0.25) is 0 Å². The normalized spacial score (nSPS) is 27.2. The summed E-state index contributed by atoms with van der Waals surface area (Å²) in [5, 5.41) is 0. The van der Waals surface area contributed by atoms with Gasteiger partial charge in [0.1, 0.15) is 12.4 Å². The molecule has 0 saturated carbocycles. The predicted molar refractivity (Wildman–Crippen MR) is 64.8 cm³/mol. The summed E-state index contributed by atoms with van der Waals surface area (Å²) in [6.07, 6.45) is 2.37. The average Bonchev–Trinajstić information content (AvgIpc) is 2.73. The Balaban J connectivity index is 1.87. The lowest BCUT2D eigenvalue weighted by Gasteiger charge is -2.35. The van der Waals surface area contributed by atoms with Crippen molar-refractivity contribution in [1.29, 1.82) is 0 Å². The summed E-state index contributed by atoms with van der Waals surface area (Å²) in [7, 11) is 0. The van der Waals surface area contributed by atoms with E-state index >= 15 is 0 Å². The number of anilines is 1. The number of para-hydroxylation sites is 2. The van der Waals surface area contributed by atoms with E-state index in [1.165, 1.54) is 12.1 Å². The summed E-state index contributed by atoms with van der Waals surface area (Å²) in [5.74, 6) is 1.74. The Morgan fingerprint density at radius 1 is 1.38 bits per heavy atom. The van der Waals surface area contributed by atoms with Gasteiger partial charge in [-0.05, 0) is 37.4 Å². The zero-order valence-corrected chi connectivity index (χ0v) is 9.43. The second-order valence-corrected chi connectivity index (χ2v) is 4.67. The van der Waals surface area contributed by atoms with Gasteiger partial charge in [0, 0.05) is 6.54 Å². The maximum absolute atomic E-state index is 5.83. The molecule has 2 atom stereocenters. The highest BCUT2D eigenvalue weighted by molar-refractivity contribution is 5.61. The fourth-order valence-electron chi connectivity index (χ4n) is 2.99. The Hall–Kier alpha value is -1.22. The topological polar surface area (TPSA) is 38.5 Å². The first kappa shape index (κ1) is 9.97. The molecule has 1 saturated heterocycles. The Kier molecular flexibility index (Phi) is 2.48. The molecule has 0 bridgehead atoms. The van der Waals surface area contributed by atoms with Crippen LogP contribution in [0.4, 0.5) is 5.69 Å². The zero-order chi connectivity index (χ0) is 11.0. The van der Waals surface area contributed by atoms with Crippen LogP contribution in [0.2, 0.25) is 0 Å². The van der Waals surface area contributed by atoms with E-state index in [1.54, 1.807) is 0 Å². The zero-order valence-electron chi connectivity index (χ0n) is 9.43. The van der Waals surface area contributed by atoms with E-state index in [9.17, 15) is 0 Å². The van der Waals surface area contributed by atoms with Gasteiger partial charge < -0.3 is 15.4 Å². The van der Waals surface area contributed by atoms with E-state index in [1.807, 2.05) is 6.07 Å². The Morgan fingerprint density at radius 2 is 2.25 bits per heavy atom. The molecule has 3 nitrogen and oxygen atoms in total. The number of fused-ring (bicyclic) bond motifs is 3. The Morgan fingerprint density at radius 3 is 3.12 bits per heavy atom. The summed E-state index contributed by atoms with van der Waals surface area (Å²) in [6.45, 7) is 2.76. The highest BCUT2D eigenvalue weighted by Gasteiger charge is 2.37. The van der Waals surface area contributed by atoms with Crippen molar-refractivity contribution in [2.24, 2.45) is 11.7 Å².